The smallest absolute Gasteiger partial charge is 0.203 e. The molecule has 0 saturated carbocycles. The van der Waals surface area contributed by atoms with E-state index in [9.17, 15) is 10.2 Å². The molecule has 34 heavy (non-hydrogen) atoms. The van der Waals surface area contributed by atoms with Gasteiger partial charge in [0, 0.05) is 19.1 Å². The van der Waals surface area contributed by atoms with Crippen molar-refractivity contribution >= 4 is 0 Å². The summed E-state index contributed by atoms with van der Waals surface area (Å²) < 4.78 is 21.9. The van der Waals surface area contributed by atoms with Crippen LogP contribution in [0.25, 0.3) is 0 Å². The lowest BCUT2D eigenvalue weighted by molar-refractivity contribution is 0.174. The summed E-state index contributed by atoms with van der Waals surface area (Å²) in [6, 6.07) is 15.3. The maximum atomic E-state index is 10.3. The molecule has 1 aliphatic rings. The first-order chi connectivity index (χ1) is 16.5. The van der Waals surface area contributed by atoms with E-state index in [1.54, 1.807) is 40.6 Å². The highest BCUT2D eigenvalue weighted by molar-refractivity contribution is 5.54. The molecular formula is C27H31NO6. The molecule has 7 heteroatoms. The lowest BCUT2D eigenvalue weighted by Gasteiger charge is -2.38. The Kier molecular flexibility index (Phi) is 7.03. The van der Waals surface area contributed by atoms with Crippen LogP contribution in [0.15, 0.2) is 48.5 Å². The van der Waals surface area contributed by atoms with E-state index in [0.29, 0.717) is 23.7 Å². The predicted molar refractivity (Wildman–Crippen MR) is 129 cm³/mol. The van der Waals surface area contributed by atoms with E-state index in [4.69, 9.17) is 18.9 Å². The molecular weight excluding hydrogens is 434 g/mol. The molecule has 0 saturated heterocycles. The third-order valence-corrected chi connectivity index (χ3v) is 6.40. The molecule has 1 aliphatic heterocycles. The fraction of sp³-hybridized carbons (Fsp3) is 0.333. The third kappa shape index (κ3) is 4.70. The molecule has 0 aliphatic carbocycles. The second-order valence-electron chi connectivity index (χ2n) is 8.36. The predicted octanol–water partition coefficient (Wildman–Crippen LogP) is 4.47. The summed E-state index contributed by atoms with van der Waals surface area (Å²) in [5.74, 6) is 2.37. The number of phenols is 2. The number of phenolic OH excluding ortho intramolecular Hbond substituents is 2. The Hall–Kier alpha value is -3.58. The van der Waals surface area contributed by atoms with Gasteiger partial charge in [0.05, 0.1) is 28.4 Å². The molecule has 180 valence electrons. The van der Waals surface area contributed by atoms with Crippen LogP contribution in [0.4, 0.5) is 0 Å². The highest BCUT2D eigenvalue weighted by Gasteiger charge is 2.30. The summed E-state index contributed by atoms with van der Waals surface area (Å²) in [5.41, 5.74) is 4.23. The first kappa shape index (κ1) is 23.6. The minimum atomic E-state index is -0.111. The van der Waals surface area contributed by atoms with Gasteiger partial charge >= 0.3 is 0 Å². The van der Waals surface area contributed by atoms with Crippen molar-refractivity contribution in [2.24, 2.45) is 0 Å². The van der Waals surface area contributed by atoms with Crippen LogP contribution in [0, 0.1) is 0 Å². The van der Waals surface area contributed by atoms with E-state index in [1.807, 2.05) is 24.3 Å². The standard InChI is InChI=1S/C27H31NO6/c1-31-20-7-5-17(6-8-20)16-28-10-9-19-14-23(29)24(30)15-21(19)22(28)11-18-12-25(32-2)27(34-4)26(13-18)33-3/h5-8,12-15,22,29-30H,9-11,16H2,1-4H3. The van der Waals surface area contributed by atoms with Gasteiger partial charge < -0.3 is 29.2 Å². The van der Waals surface area contributed by atoms with Crippen molar-refractivity contribution in [1.82, 2.24) is 4.90 Å². The Bertz CT molecular complexity index is 1120. The number of methoxy groups -OCH3 is 4. The van der Waals surface area contributed by atoms with Crippen LogP contribution in [0.1, 0.15) is 28.3 Å². The zero-order valence-corrected chi connectivity index (χ0v) is 20.0. The van der Waals surface area contributed by atoms with Gasteiger partial charge in [0.25, 0.3) is 0 Å². The lowest BCUT2D eigenvalue weighted by Crippen LogP contribution is -2.36. The number of aromatic hydroxyl groups is 2. The Balaban J connectivity index is 1.72. The number of hydrogen-bond donors (Lipinski definition) is 2. The largest absolute Gasteiger partial charge is 0.504 e. The molecule has 0 spiro atoms. The molecule has 2 N–H and O–H groups in total. The van der Waals surface area contributed by atoms with E-state index in [-0.39, 0.29) is 17.5 Å². The van der Waals surface area contributed by atoms with E-state index in [0.717, 1.165) is 42.0 Å². The molecule has 0 bridgehead atoms. The van der Waals surface area contributed by atoms with E-state index >= 15 is 0 Å². The van der Waals surface area contributed by atoms with E-state index in [2.05, 4.69) is 17.0 Å². The molecule has 1 unspecified atom stereocenters. The Labute approximate surface area is 200 Å². The highest BCUT2D eigenvalue weighted by Crippen LogP contribution is 2.42. The van der Waals surface area contributed by atoms with Crippen molar-refractivity contribution in [3.63, 3.8) is 0 Å². The zero-order chi connectivity index (χ0) is 24.2. The molecule has 1 atom stereocenters. The summed E-state index contributed by atoms with van der Waals surface area (Å²) in [4.78, 5) is 2.39. The topological polar surface area (TPSA) is 80.6 Å². The third-order valence-electron chi connectivity index (χ3n) is 6.40. The van der Waals surface area contributed by atoms with Gasteiger partial charge in [0.1, 0.15) is 5.75 Å². The van der Waals surface area contributed by atoms with Crippen LogP contribution in [0.5, 0.6) is 34.5 Å². The number of fused-ring (bicyclic) bond motifs is 1. The van der Waals surface area contributed by atoms with Gasteiger partial charge in [-0.05, 0) is 71.5 Å². The van der Waals surface area contributed by atoms with Crippen molar-refractivity contribution in [2.45, 2.75) is 25.4 Å². The molecule has 7 nitrogen and oxygen atoms in total. The summed E-state index contributed by atoms with van der Waals surface area (Å²) in [5, 5.41) is 20.4. The summed E-state index contributed by atoms with van der Waals surface area (Å²) in [6.45, 7) is 1.55. The Morgan fingerprint density at radius 2 is 1.44 bits per heavy atom. The fourth-order valence-electron chi connectivity index (χ4n) is 4.65. The van der Waals surface area contributed by atoms with Gasteiger partial charge in [-0.3, -0.25) is 4.90 Å². The second kappa shape index (κ2) is 10.1. The molecule has 0 radical (unpaired) electrons. The zero-order valence-electron chi connectivity index (χ0n) is 20.0. The van der Waals surface area contributed by atoms with Crippen LogP contribution in [-0.4, -0.2) is 50.1 Å². The van der Waals surface area contributed by atoms with Gasteiger partial charge in [0.2, 0.25) is 5.75 Å². The van der Waals surface area contributed by atoms with E-state index in [1.165, 1.54) is 5.56 Å². The normalized spacial score (nSPS) is 15.5. The van der Waals surface area contributed by atoms with Gasteiger partial charge in [-0.2, -0.15) is 0 Å². The van der Waals surface area contributed by atoms with Crippen LogP contribution in [0.3, 0.4) is 0 Å². The second-order valence-corrected chi connectivity index (χ2v) is 8.36. The number of benzene rings is 3. The maximum absolute atomic E-state index is 10.3. The summed E-state index contributed by atoms with van der Waals surface area (Å²) >= 11 is 0. The van der Waals surface area contributed by atoms with Crippen molar-refractivity contribution in [2.75, 3.05) is 35.0 Å². The maximum Gasteiger partial charge on any atom is 0.203 e. The quantitative estimate of drug-likeness (QED) is 0.475. The number of rotatable bonds is 8. The lowest BCUT2D eigenvalue weighted by atomic mass is 9.87. The highest BCUT2D eigenvalue weighted by atomic mass is 16.5. The van der Waals surface area contributed by atoms with E-state index < -0.39 is 0 Å². The molecule has 4 rings (SSSR count). The van der Waals surface area contributed by atoms with Crippen molar-refractivity contribution < 1.29 is 29.2 Å². The molecule has 3 aromatic rings. The Morgan fingerprint density at radius 1 is 0.794 bits per heavy atom. The molecule has 0 amide bonds. The molecule has 1 heterocycles. The molecule has 3 aromatic carbocycles. The van der Waals surface area contributed by atoms with Gasteiger partial charge in [-0.1, -0.05) is 12.1 Å². The molecule has 0 aromatic heterocycles. The number of ether oxygens (including phenoxy) is 4. The first-order valence-corrected chi connectivity index (χ1v) is 11.2. The summed E-state index contributed by atoms with van der Waals surface area (Å²) in [7, 11) is 6.46. The summed E-state index contributed by atoms with van der Waals surface area (Å²) in [6.07, 6.45) is 1.44. The SMILES string of the molecule is COc1ccc(CN2CCc3cc(O)c(O)cc3C2Cc2cc(OC)c(OC)c(OC)c2)cc1. The minimum absolute atomic E-state index is 0.0276. The number of hydrogen-bond acceptors (Lipinski definition) is 7. The van der Waals surface area contributed by atoms with Crippen molar-refractivity contribution in [3.05, 3.63) is 70.8 Å². The van der Waals surface area contributed by atoms with Gasteiger partial charge in [0.15, 0.2) is 23.0 Å². The average molecular weight is 466 g/mol. The van der Waals surface area contributed by atoms with Gasteiger partial charge in [-0.15, -0.1) is 0 Å². The minimum Gasteiger partial charge on any atom is -0.504 e. The monoisotopic (exact) mass is 465 g/mol. The van der Waals surface area contributed by atoms with Crippen LogP contribution in [-0.2, 0) is 19.4 Å². The average Bonchev–Trinajstić information content (AvgIpc) is 2.86. The molecule has 0 fully saturated rings. The van der Waals surface area contributed by atoms with Crippen molar-refractivity contribution in [3.8, 4) is 34.5 Å². The van der Waals surface area contributed by atoms with Gasteiger partial charge in [-0.25, -0.2) is 0 Å². The van der Waals surface area contributed by atoms with Crippen LogP contribution in [0.2, 0.25) is 0 Å². The fourth-order valence-corrected chi connectivity index (χ4v) is 4.65. The van der Waals surface area contributed by atoms with Crippen LogP contribution < -0.4 is 18.9 Å². The Morgan fingerprint density at radius 3 is 2.03 bits per heavy atom. The van der Waals surface area contributed by atoms with Crippen LogP contribution >= 0.6 is 0 Å². The first-order valence-electron chi connectivity index (χ1n) is 11.2. The number of nitrogens with zero attached hydrogens (tertiary/aromatic N) is 1. The van der Waals surface area contributed by atoms with Crippen molar-refractivity contribution in [1.29, 1.82) is 0 Å².